The van der Waals surface area contributed by atoms with E-state index in [1.165, 1.54) is 6.07 Å². The Hall–Kier alpha value is -2.94. The molecule has 1 amide bonds. The summed E-state index contributed by atoms with van der Waals surface area (Å²) in [4.78, 5) is 27.9. The summed E-state index contributed by atoms with van der Waals surface area (Å²) in [5.74, 6) is 0.312. The van der Waals surface area contributed by atoms with E-state index in [0.717, 1.165) is 28.6 Å². The fourth-order valence-corrected chi connectivity index (χ4v) is 5.43. The maximum atomic E-state index is 13.3. The Balaban J connectivity index is 1.40. The summed E-state index contributed by atoms with van der Waals surface area (Å²) in [6.45, 7) is 5.89. The first-order valence-corrected chi connectivity index (χ1v) is 11.2. The number of hydrogen-bond acceptors (Lipinski definition) is 4. The van der Waals surface area contributed by atoms with E-state index in [2.05, 4.69) is 36.7 Å². The third-order valence-electron chi connectivity index (χ3n) is 6.91. The van der Waals surface area contributed by atoms with Gasteiger partial charge in [0.2, 0.25) is 11.6 Å². The zero-order valence-corrected chi connectivity index (χ0v) is 18.3. The molecule has 8 heteroatoms. The molecule has 2 bridgehead atoms. The Bertz CT molecular complexity index is 1240. The number of nitrogens with zero attached hydrogens (tertiary/aromatic N) is 3. The number of carbonyl (C=O) groups excluding carboxylic acids is 1. The summed E-state index contributed by atoms with van der Waals surface area (Å²) >= 11 is 0. The van der Waals surface area contributed by atoms with Crippen molar-refractivity contribution < 1.29 is 15.2 Å². The van der Waals surface area contributed by atoms with Gasteiger partial charge in [0.25, 0.3) is 0 Å². The molecule has 1 fully saturated rings. The third-order valence-corrected chi connectivity index (χ3v) is 6.91. The van der Waals surface area contributed by atoms with Crippen LogP contribution in [0.3, 0.4) is 0 Å². The minimum Gasteiger partial charge on any atom is -0.595 e. The van der Waals surface area contributed by atoms with Crippen molar-refractivity contribution in [3.63, 3.8) is 0 Å². The van der Waals surface area contributed by atoms with Crippen molar-refractivity contribution in [3.05, 3.63) is 69.4 Å². The minimum absolute atomic E-state index is 0.0546. The molecule has 0 saturated carbocycles. The molecule has 0 radical (unpaired) electrons. The number of amides is 1. The molecule has 0 aliphatic carbocycles. The molecule has 1 saturated heterocycles. The Morgan fingerprint density at radius 1 is 1.19 bits per heavy atom. The van der Waals surface area contributed by atoms with Gasteiger partial charge in [0, 0.05) is 60.5 Å². The van der Waals surface area contributed by atoms with Crippen LogP contribution in [0.4, 0.5) is 5.69 Å². The van der Waals surface area contributed by atoms with Crippen molar-refractivity contribution in [1.29, 1.82) is 0 Å². The van der Waals surface area contributed by atoms with Crippen molar-refractivity contribution in [2.45, 2.75) is 45.2 Å². The van der Waals surface area contributed by atoms with Gasteiger partial charge in [-0.2, -0.15) is 5.23 Å². The molecule has 2 aliphatic heterocycles. The van der Waals surface area contributed by atoms with Gasteiger partial charge in [-0.3, -0.25) is 9.59 Å². The number of aromatic nitrogens is 2. The first-order valence-electron chi connectivity index (χ1n) is 11.2. The van der Waals surface area contributed by atoms with Crippen molar-refractivity contribution in [3.8, 4) is 0 Å². The van der Waals surface area contributed by atoms with Gasteiger partial charge in [-0.1, -0.05) is 18.2 Å². The van der Waals surface area contributed by atoms with E-state index in [1.54, 1.807) is 10.6 Å². The second kappa shape index (κ2) is 7.88. The SMILES string of the molecule is CC(C)n1cc(CC(=O)N2CC3CC(C2)c2ccc([NH+]([O-])O)c(=O)n2C3)c2ccccc21. The summed E-state index contributed by atoms with van der Waals surface area (Å²) in [5.41, 5.74) is 2.39. The molecule has 1 aromatic carbocycles. The lowest BCUT2D eigenvalue weighted by molar-refractivity contribution is -0.992. The normalized spacial score (nSPS) is 21.1. The number of fused-ring (bicyclic) bond motifs is 5. The number of carbonyl (C=O) groups is 1. The van der Waals surface area contributed by atoms with Gasteiger partial charge in [0.15, 0.2) is 0 Å². The lowest BCUT2D eigenvalue weighted by atomic mass is 9.83. The maximum absolute atomic E-state index is 13.3. The van der Waals surface area contributed by atoms with Crippen LogP contribution in [0.25, 0.3) is 10.9 Å². The monoisotopic (exact) mass is 436 g/mol. The number of piperidine rings is 1. The number of nitrogens with one attached hydrogen (secondary N) is 1. The Morgan fingerprint density at radius 2 is 1.97 bits per heavy atom. The predicted molar refractivity (Wildman–Crippen MR) is 120 cm³/mol. The van der Waals surface area contributed by atoms with Gasteiger partial charge in [-0.25, -0.2) is 5.21 Å². The molecule has 32 heavy (non-hydrogen) atoms. The average Bonchev–Trinajstić information content (AvgIpc) is 3.13. The zero-order chi connectivity index (χ0) is 22.6. The van der Waals surface area contributed by atoms with Crippen LogP contribution in [0, 0.1) is 11.1 Å². The van der Waals surface area contributed by atoms with Gasteiger partial charge in [0.1, 0.15) is 0 Å². The Labute approximate surface area is 185 Å². The topological polar surface area (TPSA) is 95.0 Å². The second-order valence-corrected chi connectivity index (χ2v) is 9.34. The molecule has 168 valence electrons. The third kappa shape index (κ3) is 3.44. The first-order chi connectivity index (χ1) is 15.3. The lowest BCUT2D eigenvalue weighted by Crippen LogP contribution is -3.00. The number of benzene rings is 1. The molecule has 3 unspecified atom stereocenters. The van der Waals surface area contributed by atoms with E-state index in [1.807, 2.05) is 17.0 Å². The van der Waals surface area contributed by atoms with E-state index in [0.29, 0.717) is 32.1 Å². The van der Waals surface area contributed by atoms with Crippen LogP contribution >= 0.6 is 0 Å². The lowest BCUT2D eigenvalue weighted by Gasteiger charge is -2.42. The maximum Gasteiger partial charge on any atom is 0.315 e. The number of quaternary nitrogens is 1. The van der Waals surface area contributed by atoms with Crippen molar-refractivity contribution >= 4 is 22.5 Å². The molecule has 2 N–H and O–H groups in total. The van der Waals surface area contributed by atoms with Crippen LogP contribution in [-0.2, 0) is 17.8 Å². The highest BCUT2D eigenvalue weighted by Crippen LogP contribution is 2.36. The molecular weight excluding hydrogens is 408 g/mol. The van der Waals surface area contributed by atoms with Crippen LogP contribution in [0.15, 0.2) is 47.4 Å². The van der Waals surface area contributed by atoms with Crippen LogP contribution in [0.1, 0.15) is 43.5 Å². The van der Waals surface area contributed by atoms with Gasteiger partial charge >= 0.3 is 5.56 Å². The van der Waals surface area contributed by atoms with Crippen molar-refractivity contribution in [2.75, 3.05) is 13.1 Å². The highest BCUT2D eigenvalue weighted by molar-refractivity contribution is 5.89. The Morgan fingerprint density at radius 3 is 2.72 bits per heavy atom. The summed E-state index contributed by atoms with van der Waals surface area (Å²) < 4.78 is 3.83. The number of para-hydroxylation sites is 1. The van der Waals surface area contributed by atoms with E-state index >= 15 is 0 Å². The summed E-state index contributed by atoms with van der Waals surface area (Å²) in [7, 11) is 0. The van der Waals surface area contributed by atoms with Gasteiger partial charge in [-0.05, 0) is 43.9 Å². The van der Waals surface area contributed by atoms with Crippen molar-refractivity contribution in [2.24, 2.45) is 5.92 Å². The summed E-state index contributed by atoms with van der Waals surface area (Å²) in [6.07, 6.45) is 3.37. The van der Waals surface area contributed by atoms with E-state index in [9.17, 15) is 20.0 Å². The zero-order valence-electron chi connectivity index (χ0n) is 18.3. The molecular formula is C24H28N4O4. The fourth-order valence-electron chi connectivity index (χ4n) is 5.43. The van der Waals surface area contributed by atoms with E-state index in [-0.39, 0.29) is 23.4 Å². The molecule has 4 heterocycles. The number of hydrogen-bond donors (Lipinski definition) is 2. The first kappa shape index (κ1) is 20.9. The summed E-state index contributed by atoms with van der Waals surface area (Å²) in [6, 6.07) is 11.6. The van der Waals surface area contributed by atoms with Gasteiger partial charge in [-0.15, -0.1) is 0 Å². The molecule has 3 atom stereocenters. The quantitative estimate of drug-likeness (QED) is 0.612. The summed E-state index contributed by atoms with van der Waals surface area (Å²) in [5, 5.41) is 20.5. The minimum atomic E-state index is -1.20. The molecule has 2 aromatic heterocycles. The highest BCUT2D eigenvalue weighted by atomic mass is 16.8. The van der Waals surface area contributed by atoms with Crippen molar-refractivity contribution in [1.82, 2.24) is 14.0 Å². The van der Waals surface area contributed by atoms with E-state index < -0.39 is 10.8 Å². The largest absolute Gasteiger partial charge is 0.595 e. The molecule has 0 spiro atoms. The smallest absolute Gasteiger partial charge is 0.315 e. The molecule has 2 aliphatic rings. The van der Waals surface area contributed by atoms with Gasteiger partial charge < -0.3 is 19.2 Å². The second-order valence-electron chi connectivity index (χ2n) is 9.34. The molecule has 8 nitrogen and oxygen atoms in total. The Kier molecular flexibility index (Phi) is 5.16. The van der Waals surface area contributed by atoms with Crippen LogP contribution < -0.4 is 10.8 Å². The van der Waals surface area contributed by atoms with Gasteiger partial charge in [0.05, 0.1) is 6.42 Å². The number of likely N-dealkylation sites (tertiary alicyclic amines) is 1. The standard InChI is InChI=1S/C24H28N4O4/c1-15(2)26-14-17(19-5-3-4-6-21(19)26)10-23(29)25-11-16-9-18(13-25)20-7-8-22(28(31)32)24(30)27(20)12-16/h3-8,14-16,18,28,31H,9-13H2,1-2H3. The van der Waals surface area contributed by atoms with Crippen LogP contribution in [-0.4, -0.2) is 38.2 Å². The highest BCUT2D eigenvalue weighted by Gasteiger charge is 2.37. The van der Waals surface area contributed by atoms with Crippen LogP contribution in [0.2, 0.25) is 0 Å². The van der Waals surface area contributed by atoms with E-state index in [4.69, 9.17) is 0 Å². The molecule has 5 rings (SSSR count). The molecule has 3 aromatic rings. The average molecular weight is 437 g/mol. The predicted octanol–water partition coefficient (Wildman–Crippen LogP) is 1.98. The fraction of sp³-hybridized carbons (Fsp3) is 0.417. The van der Waals surface area contributed by atoms with Crippen LogP contribution in [0.5, 0.6) is 0 Å². The number of pyridine rings is 1. The number of rotatable bonds is 4.